The van der Waals surface area contributed by atoms with Gasteiger partial charge >= 0.3 is 0 Å². The summed E-state index contributed by atoms with van der Waals surface area (Å²) in [5.74, 6) is 0.111. The molecule has 0 fully saturated rings. The number of aryl methyl sites for hydroxylation is 1. The smallest absolute Gasteiger partial charge is 0.141 e. The van der Waals surface area contributed by atoms with Gasteiger partial charge in [-0.05, 0) is 32.4 Å². The van der Waals surface area contributed by atoms with E-state index >= 15 is 0 Å². The maximum atomic E-state index is 13.1. The standard InChI is InChI=1S/C10H12ClFO/c1-6(2)13-10-5-9(12)7(3)4-8(10)11/h4-6H,1-3H3. The molecule has 0 atom stereocenters. The lowest BCUT2D eigenvalue weighted by Crippen LogP contribution is -2.06. The molecule has 1 aromatic carbocycles. The first-order valence-electron chi connectivity index (χ1n) is 4.13. The van der Waals surface area contributed by atoms with Crippen LogP contribution < -0.4 is 4.74 Å². The van der Waals surface area contributed by atoms with Gasteiger partial charge in [-0.1, -0.05) is 11.6 Å². The molecule has 1 rings (SSSR count). The molecule has 0 aliphatic heterocycles. The molecule has 0 bridgehead atoms. The van der Waals surface area contributed by atoms with Crippen molar-refractivity contribution in [3.63, 3.8) is 0 Å². The highest BCUT2D eigenvalue weighted by atomic mass is 35.5. The van der Waals surface area contributed by atoms with Crippen molar-refractivity contribution in [2.45, 2.75) is 26.9 Å². The third-order valence-corrected chi connectivity index (χ3v) is 1.87. The number of hydrogen-bond donors (Lipinski definition) is 0. The summed E-state index contributed by atoms with van der Waals surface area (Å²) in [6.45, 7) is 5.41. The maximum absolute atomic E-state index is 13.1. The van der Waals surface area contributed by atoms with E-state index in [0.717, 1.165) is 0 Å². The highest BCUT2D eigenvalue weighted by molar-refractivity contribution is 6.32. The molecule has 0 aliphatic carbocycles. The molecule has 0 radical (unpaired) electrons. The Bertz CT molecular complexity index is 310. The summed E-state index contributed by atoms with van der Waals surface area (Å²) in [5.41, 5.74) is 0.529. The van der Waals surface area contributed by atoms with Gasteiger partial charge in [0.2, 0.25) is 0 Å². The summed E-state index contributed by atoms with van der Waals surface area (Å²) < 4.78 is 18.4. The minimum Gasteiger partial charge on any atom is -0.489 e. The fourth-order valence-corrected chi connectivity index (χ4v) is 1.24. The molecule has 0 N–H and O–H groups in total. The zero-order valence-corrected chi connectivity index (χ0v) is 8.65. The first kappa shape index (κ1) is 10.3. The number of ether oxygens (including phenoxy) is 1. The molecular weight excluding hydrogens is 191 g/mol. The van der Waals surface area contributed by atoms with Crippen LogP contribution in [0.25, 0.3) is 0 Å². The van der Waals surface area contributed by atoms with Crippen LogP contribution in [0.2, 0.25) is 5.02 Å². The Kier molecular flexibility index (Phi) is 3.15. The highest BCUT2D eigenvalue weighted by Crippen LogP contribution is 2.28. The van der Waals surface area contributed by atoms with E-state index in [1.165, 1.54) is 6.07 Å². The SMILES string of the molecule is Cc1cc(Cl)c(OC(C)C)cc1F. The van der Waals surface area contributed by atoms with E-state index in [1.807, 2.05) is 13.8 Å². The Morgan fingerprint density at radius 1 is 1.38 bits per heavy atom. The maximum Gasteiger partial charge on any atom is 0.141 e. The van der Waals surface area contributed by atoms with Crippen LogP contribution in [0.15, 0.2) is 12.1 Å². The van der Waals surface area contributed by atoms with Crippen molar-refractivity contribution in [2.24, 2.45) is 0 Å². The quantitative estimate of drug-likeness (QED) is 0.713. The van der Waals surface area contributed by atoms with Gasteiger partial charge in [-0.25, -0.2) is 4.39 Å². The normalized spacial score (nSPS) is 10.6. The van der Waals surface area contributed by atoms with Crippen molar-refractivity contribution in [3.8, 4) is 5.75 Å². The average molecular weight is 203 g/mol. The van der Waals surface area contributed by atoms with E-state index in [1.54, 1.807) is 13.0 Å². The molecule has 1 nitrogen and oxygen atoms in total. The number of hydrogen-bond acceptors (Lipinski definition) is 1. The molecule has 0 saturated heterocycles. The number of halogens is 2. The van der Waals surface area contributed by atoms with Crippen molar-refractivity contribution in [3.05, 3.63) is 28.5 Å². The van der Waals surface area contributed by atoms with Gasteiger partial charge in [-0.2, -0.15) is 0 Å². The largest absolute Gasteiger partial charge is 0.489 e. The zero-order chi connectivity index (χ0) is 10.0. The van der Waals surface area contributed by atoms with E-state index in [-0.39, 0.29) is 11.9 Å². The molecule has 0 aromatic heterocycles. The lowest BCUT2D eigenvalue weighted by Gasteiger charge is -2.11. The summed E-state index contributed by atoms with van der Waals surface area (Å²) >= 11 is 5.85. The first-order chi connectivity index (χ1) is 6.00. The predicted molar refractivity (Wildman–Crippen MR) is 51.9 cm³/mol. The van der Waals surface area contributed by atoms with Crippen LogP contribution in [-0.4, -0.2) is 6.10 Å². The Balaban J connectivity index is 3.01. The van der Waals surface area contributed by atoms with Crippen LogP contribution in [0, 0.1) is 12.7 Å². The molecular formula is C10H12ClFO. The summed E-state index contributed by atoms with van der Waals surface area (Å²) in [5, 5.41) is 0.451. The van der Waals surface area contributed by atoms with Gasteiger partial charge in [-0.3, -0.25) is 0 Å². The van der Waals surface area contributed by atoms with Crippen LogP contribution in [0.3, 0.4) is 0 Å². The van der Waals surface area contributed by atoms with E-state index in [0.29, 0.717) is 16.3 Å². The van der Waals surface area contributed by atoms with Crippen LogP contribution >= 0.6 is 11.6 Å². The fraction of sp³-hybridized carbons (Fsp3) is 0.400. The summed E-state index contributed by atoms with van der Waals surface area (Å²) in [6, 6.07) is 2.88. The first-order valence-corrected chi connectivity index (χ1v) is 4.51. The molecule has 3 heteroatoms. The molecule has 72 valence electrons. The lowest BCUT2D eigenvalue weighted by atomic mass is 10.2. The summed E-state index contributed by atoms with van der Waals surface area (Å²) in [6.07, 6.45) is -0.000365. The van der Waals surface area contributed by atoms with Crippen molar-refractivity contribution >= 4 is 11.6 Å². The summed E-state index contributed by atoms with van der Waals surface area (Å²) in [7, 11) is 0. The molecule has 13 heavy (non-hydrogen) atoms. The van der Waals surface area contributed by atoms with E-state index < -0.39 is 0 Å². The Hall–Kier alpha value is -0.760. The fourth-order valence-electron chi connectivity index (χ4n) is 0.972. The van der Waals surface area contributed by atoms with Gasteiger partial charge < -0.3 is 4.74 Å². The zero-order valence-electron chi connectivity index (χ0n) is 7.90. The van der Waals surface area contributed by atoms with Crippen LogP contribution in [0.1, 0.15) is 19.4 Å². The van der Waals surface area contributed by atoms with Crippen molar-refractivity contribution in [2.75, 3.05) is 0 Å². The Morgan fingerprint density at radius 3 is 2.54 bits per heavy atom. The minimum atomic E-state index is -0.292. The topological polar surface area (TPSA) is 9.23 Å². The molecule has 0 saturated carbocycles. The second-order valence-electron chi connectivity index (χ2n) is 3.20. The predicted octanol–water partition coefficient (Wildman–Crippen LogP) is 3.57. The molecule has 0 heterocycles. The van der Waals surface area contributed by atoms with Gasteiger partial charge in [0, 0.05) is 6.07 Å². The number of rotatable bonds is 2. The van der Waals surface area contributed by atoms with E-state index in [9.17, 15) is 4.39 Å². The third-order valence-electron chi connectivity index (χ3n) is 1.58. The Labute approximate surface area is 82.5 Å². The minimum absolute atomic E-state index is 0.000365. The van der Waals surface area contributed by atoms with Gasteiger partial charge in [0.15, 0.2) is 0 Å². The summed E-state index contributed by atoms with van der Waals surface area (Å²) in [4.78, 5) is 0. The van der Waals surface area contributed by atoms with Crippen molar-refractivity contribution in [1.82, 2.24) is 0 Å². The van der Waals surface area contributed by atoms with E-state index in [2.05, 4.69) is 0 Å². The molecule has 0 spiro atoms. The third kappa shape index (κ3) is 2.59. The Morgan fingerprint density at radius 2 is 2.00 bits per heavy atom. The van der Waals surface area contributed by atoms with Gasteiger partial charge in [-0.15, -0.1) is 0 Å². The van der Waals surface area contributed by atoms with Crippen molar-refractivity contribution in [1.29, 1.82) is 0 Å². The monoisotopic (exact) mass is 202 g/mol. The second-order valence-corrected chi connectivity index (χ2v) is 3.61. The van der Waals surface area contributed by atoms with Crippen LogP contribution in [0.5, 0.6) is 5.75 Å². The lowest BCUT2D eigenvalue weighted by molar-refractivity contribution is 0.241. The molecule has 1 aromatic rings. The van der Waals surface area contributed by atoms with Gasteiger partial charge in [0.05, 0.1) is 11.1 Å². The molecule has 0 unspecified atom stereocenters. The van der Waals surface area contributed by atoms with Gasteiger partial charge in [0.1, 0.15) is 11.6 Å². The van der Waals surface area contributed by atoms with Gasteiger partial charge in [0.25, 0.3) is 0 Å². The van der Waals surface area contributed by atoms with Crippen LogP contribution in [-0.2, 0) is 0 Å². The highest BCUT2D eigenvalue weighted by Gasteiger charge is 2.07. The average Bonchev–Trinajstić information content (AvgIpc) is 1.99. The van der Waals surface area contributed by atoms with Crippen molar-refractivity contribution < 1.29 is 9.13 Å². The second kappa shape index (κ2) is 3.97. The van der Waals surface area contributed by atoms with E-state index in [4.69, 9.17) is 16.3 Å². The molecule has 0 aliphatic rings. The number of benzene rings is 1. The van der Waals surface area contributed by atoms with Crippen LogP contribution in [0.4, 0.5) is 4.39 Å². The molecule has 0 amide bonds.